The van der Waals surface area contributed by atoms with E-state index in [-0.39, 0.29) is 16.5 Å². The zero-order valence-electron chi connectivity index (χ0n) is 30.5. The second-order valence-electron chi connectivity index (χ2n) is 15.0. The number of hydrogen-bond acceptors (Lipinski definition) is 10. The molecule has 2 aliphatic rings. The van der Waals surface area contributed by atoms with Crippen molar-refractivity contribution in [3.05, 3.63) is 46.1 Å². The molecule has 0 saturated carbocycles. The van der Waals surface area contributed by atoms with Gasteiger partial charge >= 0.3 is 16.5 Å². The van der Waals surface area contributed by atoms with Gasteiger partial charge in [0.25, 0.3) is 0 Å². The minimum absolute atomic E-state index is 0. The van der Waals surface area contributed by atoms with E-state index in [1.165, 1.54) is 0 Å². The Bertz CT molecular complexity index is 2000. The average molecular weight is 704 g/mol. The Morgan fingerprint density at radius 2 is 0.551 bits per heavy atom. The van der Waals surface area contributed by atoms with E-state index in [1.807, 2.05) is 0 Å². The molecular weight excluding hydrogens is 659 g/mol. The Morgan fingerprint density at radius 3 is 0.735 bits per heavy atom. The average Bonchev–Trinajstić information content (AvgIpc) is 3.65. The summed E-state index contributed by atoms with van der Waals surface area (Å²) in [6.07, 6.45) is 2.99. The first-order chi connectivity index (χ1) is 22.6. The Morgan fingerprint density at radius 1 is 0.347 bits per heavy atom. The number of aromatic nitrogens is 12. The monoisotopic (exact) mass is 702 g/mol. The van der Waals surface area contributed by atoms with Gasteiger partial charge in [0.2, 0.25) is 0 Å². The molecule has 0 unspecified atom stereocenters. The van der Waals surface area contributed by atoms with Gasteiger partial charge in [0.15, 0.2) is 0 Å². The summed E-state index contributed by atoms with van der Waals surface area (Å²) in [5.41, 5.74) is 5.89. The molecule has 13 heteroatoms. The molecule has 49 heavy (non-hydrogen) atoms. The SMILES string of the molecule is CCc1nc2c3nc4nc(nc5[n-]c(nc6nc(nc([n-]3)c2nc1CC)C(C)(C)C6(C)C)c1nc(CC)c(CC)nc51)C(C)(C)C4(C)C.[Ni+2]. The van der Waals surface area contributed by atoms with Crippen molar-refractivity contribution in [2.24, 2.45) is 0 Å². The molecule has 5 aromatic heterocycles. The van der Waals surface area contributed by atoms with E-state index in [9.17, 15) is 0 Å². The Labute approximate surface area is 296 Å². The maximum atomic E-state index is 5.13. The van der Waals surface area contributed by atoms with Crippen LogP contribution >= 0.6 is 0 Å². The minimum Gasteiger partial charge on any atom is -0.354 e. The van der Waals surface area contributed by atoms with Gasteiger partial charge in [-0.15, -0.1) is 0 Å². The summed E-state index contributed by atoms with van der Waals surface area (Å²) in [5.74, 6) is 2.42. The number of aryl methyl sites for hydroxylation is 4. The van der Waals surface area contributed by atoms with E-state index in [0.29, 0.717) is 68.0 Å². The molecule has 0 aromatic carbocycles. The fourth-order valence-electron chi connectivity index (χ4n) is 6.43. The van der Waals surface area contributed by atoms with Crippen molar-refractivity contribution in [1.29, 1.82) is 0 Å². The summed E-state index contributed by atoms with van der Waals surface area (Å²) in [4.78, 5) is 60.9. The van der Waals surface area contributed by atoms with Crippen LogP contribution in [0.2, 0.25) is 0 Å². The van der Waals surface area contributed by atoms with Crippen molar-refractivity contribution in [3.8, 4) is 0 Å². The molecule has 5 aromatic rings. The van der Waals surface area contributed by atoms with Crippen molar-refractivity contribution in [2.45, 2.75) is 130 Å². The van der Waals surface area contributed by atoms with E-state index in [2.05, 4.69) is 83.1 Å². The first-order valence-electron chi connectivity index (χ1n) is 17.1. The summed E-state index contributed by atoms with van der Waals surface area (Å²) in [6.45, 7) is 25.4. The van der Waals surface area contributed by atoms with Gasteiger partial charge in [-0.1, -0.05) is 83.1 Å². The van der Waals surface area contributed by atoms with Gasteiger partial charge in [0.05, 0.1) is 46.1 Å². The molecule has 7 rings (SSSR count). The molecule has 8 bridgehead atoms. The van der Waals surface area contributed by atoms with Crippen molar-refractivity contribution >= 4 is 44.7 Å². The van der Waals surface area contributed by atoms with E-state index in [4.69, 9.17) is 59.8 Å². The normalized spacial score (nSPS) is 17.4. The van der Waals surface area contributed by atoms with Gasteiger partial charge in [-0.2, -0.15) is 0 Å². The zero-order chi connectivity index (χ0) is 34.6. The third-order valence-corrected chi connectivity index (χ3v) is 11.3. The molecular formula is C36H44N12Ni. The second-order valence-corrected chi connectivity index (χ2v) is 15.0. The van der Waals surface area contributed by atoms with Crippen molar-refractivity contribution in [3.63, 3.8) is 0 Å². The standard InChI is InChI=1S/C36H44N12.Ni/c1-13-17-18(14-2)38-22-21(37-17)25-41-26(22)44-30-34(7,8)36(11,12)32(48-30)46-28-24-23(39-19(15-3)20(16-4)40-24)27(42-28)45-31-35(9,10)33(5,6)29(43-25)47-31;/h13-16H2,1-12H3;/q-2;+2. The van der Waals surface area contributed by atoms with Crippen LogP contribution in [0.15, 0.2) is 0 Å². The first kappa shape index (κ1) is 34.9. The summed E-state index contributed by atoms with van der Waals surface area (Å²) >= 11 is 0. The van der Waals surface area contributed by atoms with Crippen LogP contribution in [-0.2, 0) is 63.8 Å². The van der Waals surface area contributed by atoms with E-state index >= 15 is 0 Å². The van der Waals surface area contributed by atoms with Gasteiger partial charge in [-0.3, -0.25) is 9.97 Å². The van der Waals surface area contributed by atoms with Crippen molar-refractivity contribution in [1.82, 2.24) is 59.8 Å². The summed E-state index contributed by atoms with van der Waals surface area (Å²) in [6, 6.07) is 0. The topological polar surface area (TPSA) is 157 Å². The maximum absolute atomic E-state index is 5.13. The number of hydrogen-bond donors (Lipinski definition) is 0. The maximum Gasteiger partial charge on any atom is 2.00 e. The van der Waals surface area contributed by atoms with Crippen molar-refractivity contribution in [2.75, 3.05) is 0 Å². The zero-order valence-corrected chi connectivity index (χ0v) is 31.5. The number of fused-ring (bicyclic) bond motifs is 14. The Balaban J connectivity index is 0.00000417. The summed E-state index contributed by atoms with van der Waals surface area (Å²) in [7, 11) is 0. The third kappa shape index (κ3) is 4.89. The van der Waals surface area contributed by atoms with Crippen LogP contribution in [0.5, 0.6) is 0 Å². The molecule has 0 fully saturated rings. The Kier molecular flexibility index (Phi) is 8.21. The molecule has 0 N–H and O–H groups in total. The molecule has 2 aliphatic heterocycles. The summed E-state index contributed by atoms with van der Waals surface area (Å²) in [5, 5.41) is 0. The summed E-state index contributed by atoms with van der Waals surface area (Å²) < 4.78 is 0. The number of nitrogens with zero attached hydrogens (tertiary/aromatic N) is 12. The quantitative estimate of drug-likeness (QED) is 0.208. The van der Waals surface area contributed by atoms with E-state index in [1.54, 1.807) is 0 Å². The first-order valence-corrected chi connectivity index (χ1v) is 17.1. The Hall–Kier alpha value is -3.99. The molecule has 0 spiro atoms. The minimum atomic E-state index is -0.511. The fraction of sp³-hybridized carbons (Fsp3) is 0.556. The largest absolute Gasteiger partial charge is 2.00 e. The molecule has 0 radical (unpaired) electrons. The van der Waals surface area contributed by atoms with E-state index < -0.39 is 21.7 Å². The molecule has 0 aliphatic carbocycles. The second kappa shape index (κ2) is 11.5. The van der Waals surface area contributed by atoms with Gasteiger partial charge in [-0.05, 0) is 25.7 Å². The van der Waals surface area contributed by atoms with Crippen LogP contribution in [0, 0.1) is 0 Å². The smallest absolute Gasteiger partial charge is 0.354 e. The molecule has 0 atom stereocenters. The molecule has 258 valence electrons. The van der Waals surface area contributed by atoms with Gasteiger partial charge in [-0.25, -0.2) is 19.9 Å². The van der Waals surface area contributed by atoms with Gasteiger partial charge < -0.3 is 29.9 Å². The fourth-order valence-corrected chi connectivity index (χ4v) is 6.43. The van der Waals surface area contributed by atoms with Crippen LogP contribution in [0.4, 0.5) is 0 Å². The van der Waals surface area contributed by atoms with Crippen LogP contribution < -0.4 is 9.97 Å². The molecule has 0 amide bonds. The van der Waals surface area contributed by atoms with Crippen LogP contribution in [0.1, 0.15) is 129 Å². The predicted octanol–water partition coefficient (Wildman–Crippen LogP) is 5.80. The van der Waals surface area contributed by atoms with Crippen LogP contribution in [0.3, 0.4) is 0 Å². The van der Waals surface area contributed by atoms with Gasteiger partial charge in [0, 0.05) is 44.2 Å². The molecule has 7 heterocycles. The third-order valence-electron chi connectivity index (χ3n) is 11.3. The van der Waals surface area contributed by atoms with Crippen molar-refractivity contribution < 1.29 is 16.5 Å². The molecule has 12 nitrogen and oxygen atoms in total. The van der Waals surface area contributed by atoms with Gasteiger partial charge in [0.1, 0.15) is 22.1 Å². The number of rotatable bonds is 4. The van der Waals surface area contributed by atoms with Crippen LogP contribution in [0.25, 0.3) is 44.7 Å². The van der Waals surface area contributed by atoms with E-state index in [0.717, 1.165) is 48.5 Å². The molecule has 0 saturated heterocycles. The van der Waals surface area contributed by atoms with Crippen LogP contribution in [-0.4, -0.2) is 49.8 Å². The predicted molar refractivity (Wildman–Crippen MR) is 186 cm³/mol.